The predicted octanol–water partition coefficient (Wildman–Crippen LogP) is 5.37. The van der Waals surface area contributed by atoms with Gasteiger partial charge >= 0.3 is 0 Å². The molecule has 31 heavy (non-hydrogen) atoms. The average Bonchev–Trinajstić information content (AvgIpc) is 3.00. The van der Waals surface area contributed by atoms with Crippen molar-refractivity contribution in [2.45, 2.75) is 20.4 Å². The molecule has 3 aromatic rings. The number of benzene rings is 3. The lowest BCUT2D eigenvalue weighted by molar-refractivity contribution is -0.120. The molecule has 5 heteroatoms. The predicted molar refractivity (Wildman–Crippen MR) is 125 cm³/mol. The Kier molecular flexibility index (Phi) is 5.66. The first-order valence-electron chi connectivity index (χ1n) is 10.1. The standard InChI is InChI=1S/C26H23ClN2O2/c1-17-9-14-22(18(2)15-17)29-25(30)23(20-10-12-21(27)13-11-20)24(26(29)31)28(3)16-19-7-5-4-6-8-19/h4-15H,16H2,1-3H3. The molecular weight excluding hydrogens is 408 g/mol. The minimum absolute atomic E-state index is 0.319. The number of amides is 2. The Morgan fingerprint density at radius 3 is 2.19 bits per heavy atom. The molecular formula is C26H23ClN2O2. The van der Waals surface area contributed by atoms with Gasteiger partial charge in [-0.3, -0.25) is 9.59 Å². The summed E-state index contributed by atoms with van der Waals surface area (Å²) in [5, 5.41) is 0.576. The molecule has 4 rings (SSSR count). The summed E-state index contributed by atoms with van der Waals surface area (Å²) in [5.74, 6) is -0.644. The first kappa shape index (κ1) is 20.9. The number of imide groups is 1. The van der Waals surface area contributed by atoms with Crippen LogP contribution in [0.2, 0.25) is 5.02 Å². The van der Waals surface area contributed by atoms with Crippen LogP contribution in [0.4, 0.5) is 5.69 Å². The first-order valence-corrected chi connectivity index (χ1v) is 10.5. The minimum atomic E-state index is -0.325. The van der Waals surface area contributed by atoms with E-state index in [0.717, 1.165) is 16.7 Å². The van der Waals surface area contributed by atoms with E-state index in [1.807, 2.05) is 74.3 Å². The quantitative estimate of drug-likeness (QED) is 0.511. The van der Waals surface area contributed by atoms with Crippen LogP contribution in [-0.4, -0.2) is 23.8 Å². The van der Waals surface area contributed by atoms with E-state index in [4.69, 9.17) is 11.6 Å². The van der Waals surface area contributed by atoms with Crippen molar-refractivity contribution in [3.8, 4) is 0 Å². The van der Waals surface area contributed by atoms with Gasteiger partial charge in [0.25, 0.3) is 11.8 Å². The molecule has 0 aliphatic carbocycles. The topological polar surface area (TPSA) is 40.6 Å². The number of carbonyl (C=O) groups excluding carboxylic acids is 2. The van der Waals surface area contributed by atoms with E-state index < -0.39 is 0 Å². The number of hydrogen-bond donors (Lipinski definition) is 0. The lowest BCUT2D eigenvalue weighted by Crippen LogP contribution is -2.34. The second kappa shape index (κ2) is 8.40. The van der Waals surface area contributed by atoms with Gasteiger partial charge in [0.2, 0.25) is 0 Å². The minimum Gasteiger partial charge on any atom is -0.365 e. The number of aryl methyl sites for hydroxylation is 2. The second-order valence-corrected chi connectivity index (χ2v) is 8.24. The van der Waals surface area contributed by atoms with Gasteiger partial charge < -0.3 is 4.90 Å². The van der Waals surface area contributed by atoms with Crippen LogP contribution in [0.1, 0.15) is 22.3 Å². The third-order valence-corrected chi connectivity index (χ3v) is 5.68. The summed E-state index contributed by atoms with van der Waals surface area (Å²) in [7, 11) is 1.84. The van der Waals surface area contributed by atoms with Crippen molar-refractivity contribution in [2.24, 2.45) is 0 Å². The maximum Gasteiger partial charge on any atom is 0.282 e. The molecule has 2 amide bonds. The van der Waals surface area contributed by atoms with Crippen molar-refractivity contribution in [1.29, 1.82) is 0 Å². The molecule has 0 unspecified atom stereocenters. The molecule has 0 fully saturated rings. The second-order valence-electron chi connectivity index (χ2n) is 7.81. The summed E-state index contributed by atoms with van der Waals surface area (Å²) >= 11 is 6.06. The van der Waals surface area contributed by atoms with Crippen LogP contribution in [0, 0.1) is 13.8 Å². The molecule has 0 bridgehead atoms. The summed E-state index contributed by atoms with van der Waals surface area (Å²) < 4.78 is 0. The fraction of sp³-hybridized carbons (Fsp3) is 0.154. The fourth-order valence-corrected chi connectivity index (χ4v) is 4.09. The molecule has 1 aliphatic heterocycles. The number of likely N-dealkylation sites (N-methyl/N-ethyl adjacent to an activating group) is 1. The monoisotopic (exact) mass is 430 g/mol. The van der Waals surface area contributed by atoms with E-state index in [1.54, 1.807) is 24.3 Å². The van der Waals surface area contributed by atoms with E-state index in [2.05, 4.69) is 0 Å². The van der Waals surface area contributed by atoms with Gasteiger partial charge in [0.15, 0.2) is 0 Å². The summed E-state index contributed by atoms with van der Waals surface area (Å²) in [6.45, 7) is 4.41. The molecule has 0 aromatic heterocycles. The molecule has 1 aliphatic rings. The van der Waals surface area contributed by atoms with Crippen molar-refractivity contribution in [3.05, 3.63) is 106 Å². The zero-order valence-electron chi connectivity index (χ0n) is 17.7. The lowest BCUT2D eigenvalue weighted by atomic mass is 10.0. The van der Waals surface area contributed by atoms with Crippen molar-refractivity contribution in [3.63, 3.8) is 0 Å². The number of rotatable bonds is 5. The van der Waals surface area contributed by atoms with Gasteiger partial charge in [-0.1, -0.05) is 71.8 Å². The summed E-state index contributed by atoms with van der Waals surface area (Å²) in [4.78, 5) is 30.3. The van der Waals surface area contributed by atoms with Crippen LogP contribution in [0.5, 0.6) is 0 Å². The van der Waals surface area contributed by atoms with Crippen LogP contribution < -0.4 is 4.90 Å². The lowest BCUT2D eigenvalue weighted by Gasteiger charge is -2.22. The maximum atomic E-state index is 13.6. The molecule has 0 spiro atoms. The van der Waals surface area contributed by atoms with Crippen molar-refractivity contribution in [1.82, 2.24) is 4.90 Å². The molecule has 0 atom stereocenters. The van der Waals surface area contributed by atoms with Gasteiger partial charge in [0, 0.05) is 18.6 Å². The van der Waals surface area contributed by atoms with E-state index in [-0.39, 0.29) is 11.8 Å². The van der Waals surface area contributed by atoms with Crippen LogP contribution in [-0.2, 0) is 16.1 Å². The molecule has 0 saturated heterocycles. The Bertz CT molecular complexity index is 1180. The van der Waals surface area contributed by atoms with Gasteiger partial charge in [-0.05, 0) is 48.7 Å². The number of nitrogens with zero attached hydrogens (tertiary/aromatic N) is 2. The van der Waals surface area contributed by atoms with Gasteiger partial charge in [-0.15, -0.1) is 0 Å². The molecule has 0 N–H and O–H groups in total. The van der Waals surface area contributed by atoms with E-state index >= 15 is 0 Å². The molecule has 156 valence electrons. The van der Waals surface area contributed by atoms with Crippen LogP contribution in [0.25, 0.3) is 5.57 Å². The zero-order valence-corrected chi connectivity index (χ0v) is 18.5. The molecule has 0 radical (unpaired) electrons. The highest BCUT2D eigenvalue weighted by atomic mass is 35.5. The Hall–Kier alpha value is -3.37. The van der Waals surface area contributed by atoms with Crippen molar-refractivity contribution < 1.29 is 9.59 Å². The van der Waals surface area contributed by atoms with Gasteiger partial charge in [-0.25, -0.2) is 4.90 Å². The van der Waals surface area contributed by atoms with Crippen LogP contribution in [0.3, 0.4) is 0 Å². The van der Waals surface area contributed by atoms with Crippen molar-refractivity contribution >= 4 is 34.7 Å². The van der Waals surface area contributed by atoms with Crippen molar-refractivity contribution in [2.75, 3.05) is 11.9 Å². The van der Waals surface area contributed by atoms with E-state index in [9.17, 15) is 9.59 Å². The Morgan fingerprint density at radius 1 is 0.871 bits per heavy atom. The summed E-state index contributed by atoms with van der Waals surface area (Å²) in [5.41, 5.74) is 5.06. The normalized spacial score (nSPS) is 13.9. The Labute approximate surface area is 187 Å². The third kappa shape index (κ3) is 3.99. The molecule has 4 nitrogen and oxygen atoms in total. The van der Waals surface area contributed by atoms with Crippen LogP contribution in [0.15, 0.2) is 78.5 Å². The third-order valence-electron chi connectivity index (χ3n) is 5.43. The number of halogens is 1. The van der Waals surface area contributed by atoms with E-state index in [0.29, 0.717) is 34.1 Å². The SMILES string of the molecule is Cc1ccc(N2C(=O)C(c3ccc(Cl)cc3)=C(N(C)Cc3ccccc3)C2=O)c(C)c1. The summed E-state index contributed by atoms with van der Waals surface area (Å²) in [6.07, 6.45) is 0. The number of anilines is 1. The highest BCUT2D eigenvalue weighted by molar-refractivity contribution is 6.45. The molecule has 0 saturated carbocycles. The van der Waals surface area contributed by atoms with E-state index in [1.165, 1.54) is 4.90 Å². The number of hydrogen-bond acceptors (Lipinski definition) is 3. The number of carbonyl (C=O) groups is 2. The largest absolute Gasteiger partial charge is 0.365 e. The first-order chi connectivity index (χ1) is 14.9. The highest BCUT2D eigenvalue weighted by Crippen LogP contribution is 2.36. The summed E-state index contributed by atoms with van der Waals surface area (Å²) in [6, 6.07) is 22.6. The van der Waals surface area contributed by atoms with Crippen LogP contribution >= 0.6 is 11.6 Å². The smallest absolute Gasteiger partial charge is 0.282 e. The maximum absolute atomic E-state index is 13.6. The molecule has 1 heterocycles. The zero-order chi connectivity index (χ0) is 22.1. The molecule has 3 aromatic carbocycles. The Morgan fingerprint density at radius 2 is 1.55 bits per heavy atom. The fourth-order valence-electron chi connectivity index (χ4n) is 3.96. The van der Waals surface area contributed by atoms with Gasteiger partial charge in [0.1, 0.15) is 5.70 Å². The van der Waals surface area contributed by atoms with Gasteiger partial charge in [-0.2, -0.15) is 0 Å². The Balaban J connectivity index is 1.82. The van der Waals surface area contributed by atoms with Gasteiger partial charge in [0.05, 0.1) is 11.3 Å². The average molecular weight is 431 g/mol. The highest BCUT2D eigenvalue weighted by Gasteiger charge is 2.42.